The number of thiazole rings is 1. The Morgan fingerprint density at radius 1 is 1.31 bits per heavy atom. The maximum atomic E-state index is 13.4. The lowest BCUT2D eigenvalue weighted by molar-refractivity contribution is -0.137. The Morgan fingerprint density at radius 2 is 2.09 bits per heavy atom. The summed E-state index contributed by atoms with van der Waals surface area (Å²) in [5.74, 6) is 0.758. The smallest absolute Gasteiger partial charge is 0.418 e. The maximum absolute atomic E-state index is 13.4. The molecule has 1 saturated heterocycles. The first-order valence-corrected chi connectivity index (χ1v) is 10.5. The monoisotopic (exact) mass is 467 g/mol. The van der Waals surface area contributed by atoms with Crippen molar-refractivity contribution in [2.75, 3.05) is 42.7 Å². The minimum atomic E-state index is -4.64. The third kappa shape index (κ3) is 4.20. The van der Waals surface area contributed by atoms with E-state index in [-0.39, 0.29) is 36.5 Å². The van der Waals surface area contributed by atoms with Crippen LogP contribution in [0.3, 0.4) is 0 Å². The van der Waals surface area contributed by atoms with Gasteiger partial charge in [-0.1, -0.05) is 0 Å². The number of urea groups is 1. The van der Waals surface area contributed by atoms with Gasteiger partial charge in [-0.25, -0.2) is 14.8 Å². The van der Waals surface area contributed by atoms with Crippen LogP contribution in [0.1, 0.15) is 12.5 Å². The summed E-state index contributed by atoms with van der Waals surface area (Å²) in [4.78, 5) is 29.7. The lowest BCUT2D eigenvalue weighted by atomic mass is 10.1. The number of halogens is 3. The second-order valence-corrected chi connectivity index (χ2v) is 8.07. The summed E-state index contributed by atoms with van der Waals surface area (Å²) in [5, 5.41) is 2.38. The van der Waals surface area contributed by atoms with Gasteiger partial charge in [0.2, 0.25) is 5.95 Å². The third-order valence-corrected chi connectivity index (χ3v) is 5.88. The Morgan fingerprint density at radius 3 is 2.78 bits per heavy atom. The highest BCUT2D eigenvalue weighted by atomic mass is 32.1. The van der Waals surface area contributed by atoms with Crippen LogP contribution in [0, 0.1) is 0 Å². The number of fused-ring (bicyclic) bond motifs is 1. The molecule has 0 aliphatic carbocycles. The summed E-state index contributed by atoms with van der Waals surface area (Å²) >= 11 is 1.35. The lowest BCUT2D eigenvalue weighted by Gasteiger charge is -2.40. The molecular weight excluding hydrogens is 447 g/mol. The van der Waals surface area contributed by atoms with E-state index in [0.29, 0.717) is 22.7 Å². The van der Waals surface area contributed by atoms with E-state index in [1.165, 1.54) is 35.5 Å². The fourth-order valence-electron chi connectivity index (χ4n) is 3.61. The Hall–Kier alpha value is -3.35. The van der Waals surface area contributed by atoms with Gasteiger partial charge in [-0.15, -0.1) is 11.3 Å². The molecule has 0 radical (unpaired) electrons. The molecule has 13 heteroatoms. The standard InChI is InChI=1S/C19H20F3N7O2S/c1-10-8-28(5-6-29(10)15-14-16(32-9-24-14)27-17(23)26-15)18(30)25-13-4-3-11(31-2)7-12(13)19(20,21)22/h3-4,7,9-10H,5-6,8H2,1-2H3,(H,25,30)(H2,23,26,27)/t10-/m0/s1. The molecule has 0 spiro atoms. The number of alkyl halides is 3. The molecule has 1 aromatic carbocycles. The number of carbonyl (C=O) groups is 1. The van der Waals surface area contributed by atoms with Crippen molar-refractivity contribution in [3.8, 4) is 5.75 Å². The van der Waals surface area contributed by atoms with E-state index in [2.05, 4.69) is 20.3 Å². The SMILES string of the molecule is COc1ccc(NC(=O)N2CCN(c3nc(N)nc4scnc34)[C@@H](C)C2)c(C(F)(F)F)c1. The summed E-state index contributed by atoms with van der Waals surface area (Å²) in [6.07, 6.45) is -4.64. The average Bonchev–Trinajstić information content (AvgIpc) is 3.21. The van der Waals surface area contributed by atoms with Gasteiger partial charge in [0.25, 0.3) is 0 Å². The normalized spacial score (nSPS) is 17.0. The van der Waals surface area contributed by atoms with Crippen LogP contribution >= 0.6 is 11.3 Å². The van der Waals surface area contributed by atoms with Crippen LogP contribution in [0.4, 0.5) is 35.4 Å². The quantitative estimate of drug-likeness (QED) is 0.607. The number of aromatic nitrogens is 3. The number of nitrogens with zero attached hydrogens (tertiary/aromatic N) is 5. The molecule has 9 nitrogen and oxygen atoms in total. The largest absolute Gasteiger partial charge is 0.497 e. The maximum Gasteiger partial charge on any atom is 0.418 e. The van der Waals surface area contributed by atoms with E-state index < -0.39 is 17.8 Å². The second kappa shape index (κ2) is 8.30. The molecule has 0 bridgehead atoms. The van der Waals surface area contributed by atoms with Crippen LogP contribution in [-0.4, -0.2) is 58.7 Å². The molecule has 1 fully saturated rings. The molecule has 2 aromatic heterocycles. The molecule has 1 aliphatic heterocycles. The zero-order chi connectivity index (χ0) is 23.0. The van der Waals surface area contributed by atoms with E-state index in [1.54, 1.807) is 5.51 Å². The highest BCUT2D eigenvalue weighted by molar-refractivity contribution is 7.16. The number of hydrogen-bond donors (Lipinski definition) is 2. The van der Waals surface area contributed by atoms with Gasteiger partial charge < -0.3 is 25.6 Å². The molecule has 3 N–H and O–H groups in total. The van der Waals surface area contributed by atoms with Crippen molar-refractivity contribution >= 4 is 45.2 Å². The Balaban J connectivity index is 1.51. The molecule has 32 heavy (non-hydrogen) atoms. The summed E-state index contributed by atoms with van der Waals surface area (Å²) in [7, 11) is 1.28. The van der Waals surface area contributed by atoms with E-state index in [4.69, 9.17) is 10.5 Å². The number of nitrogens with one attached hydrogen (secondary N) is 1. The van der Waals surface area contributed by atoms with Crippen molar-refractivity contribution in [1.82, 2.24) is 19.9 Å². The van der Waals surface area contributed by atoms with Crippen LogP contribution in [0.15, 0.2) is 23.7 Å². The minimum Gasteiger partial charge on any atom is -0.497 e. The Bertz CT molecular complexity index is 1150. The van der Waals surface area contributed by atoms with Gasteiger partial charge >= 0.3 is 12.2 Å². The van der Waals surface area contributed by atoms with Crippen molar-refractivity contribution in [2.24, 2.45) is 0 Å². The number of benzene rings is 1. The minimum absolute atomic E-state index is 0.0510. The van der Waals surface area contributed by atoms with Crippen LogP contribution in [0.5, 0.6) is 5.75 Å². The fourth-order valence-corrected chi connectivity index (χ4v) is 4.27. The molecular formula is C19H20F3N7O2S. The highest BCUT2D eigenvalue weighted by Crippen LogP contribution is 2.37. The zero-order valence-corrected chi connectivity index (χ0v) is 18.0. The summed E-state index contributed by atoms with van der Waals surface area (Å²) < 4.78 is 45.2. The van der Waals surface area contributed by atoms with E-state index in [0.717, 1.165) is 6.07 Å². The first kappa shape index (κ1) is 21.9. The van der Waals surface area contributed by atoms with Gasteiger partial charge in [0, 0.05) is 25.7 Å². The van der Waals surface area contributed by atoms with Crippen LogP contribution in [0.25, 0.3) is 10.3 Å². The molecule has 3 heterocycles. The van der Waals surface area contributed by atoms with Crippen molar-refractivity contribution in [3.05, 3.63) is 29.3 Å². The van der Waals surface area contributed by atoms with Crippen molar-refractivity contribution in [3.63, 3.8) is 0 Å². The molecule has 3 aromatic rings. The van der Waals surface area contributed by atoms with Gasteiger partial charge in [-0.3, -0.25) is 0 Å². The van der Waals surface area contributed by atoms with Crippen LogP contribution in [-0.2, 0) is 6.18 Å². The highest BCUT2D eigenvalue weighted by Gasteiger charge is 2.36. The predicted octanol–water partition coefficient (Wildman–Crippen LogP) is 3.44. The fraction of sp³-hybridized carbons (Fsp3) is 0.368. The number of nitrogens with two attached hydrogens (primary N) is 1. The molecule has 2 amide bonds. The topological polar surface area (TPSA) is 110 Å². The predicted molar refractivity (Wildman–Crippen MR) is 115 cm³/mol. The third-order valence-electron chi connectivity index (χ3n) is 5.16. The molecule has 4 rings (SSSR count). The zero-order valence-electron chi connectivity index (χ0n) is 17.2. The number of carbonyl (C=O) groups excluding carboxylic acids is 1. The molecule has 1 aliphatic rings. The Kier molecular flexibility index (Phi) is 5.67. The number of rotatable bonds is 3. The van der Waals surface area contributed by atoms with Crippen LogP contribution in [0.2, 0.25) is 0 Å². The van der Waals surface area contributed by atoms with Gasteiger partial charge in [-0.05, 0) is 25.1 Å². The summed E-state index contributed by atoms with van der Waals surface area (Å²) in [6, 6.07) is 2.61. The number of nitrogen functional groups attached to an aromatic ring is 1. The lowest BCUT2D eigenvalue weighted by Crippen LogP contribution is -2.55. The summed E-state index contributed by atoms with van der Waals surface area (Å²) in [6.45, 7) is 2.86. The first-order chi connectivity index (χ1) is 15.2. The summed E-state index contributed by atoms with van der Waals surface area (Å²) in [5.41, 5.74) is 6.80. The Labute approximate surface area is 185 Å². The number of anilines is 3. The van der Waals surface area contributed by atoms with Crippen molar-refractivity contribution < 1.29 is 22.7 Å². The number of methoxy groups -OCH3 is 1. The van der Waals surface area contributed by atoms with E-state index in [9.17, 15) is 18.0 Å². The van der Waals surface area contributed by atoms with Gasteiger partial charge in [0.1, 0.15) is 11.3 Å². The molecule has 0 saturated carbocycles. The van der Waals surface area contributed by atoms with Gasteiger partial charge in [0.05, 0.1) is 23.9 Å². The number of ether oxygens (including phenoxy) is 1. The average molecular weight is 467 g/mol. The number of hydrogen-bond acceptors (Lipinski definition) is 8. The van der Waals surface area contributed by atoms with E-state index in [1.807, 2.05) is 11.8 Å². The van der Waals surface area contributed by atoms with Gasteiger partial charge in [-0.2, -0.15) is 18.2 Å². The molecule has 170 valence electrons. The van der Waals surface area contributed by atoms with Crippen molar-refractivity contribution in [1.29, 1.82) is 0 Å². The van der Waals surface area contributed by atoms with E-state index >= 15 is 0 Å². The number of amides is 2. The first-order valence-electron chi connectivity index (χ1n) is 9.62. The van der Waals surface area contributed by atoms with Crippen molar-refractivity contribution in [2.45, 2.75) is 19.1 Å². The van der Waals surface area contributed by atoms with Gasteiger partial charge in [0.15, 0.2) is 10.6 Å². The van der Waals surface area contributed by atoms with Crippen LogP contribution < -0.4 is 20.7 Å². The molecule has 0 unspecified atom stereocenters. The second-order valence-electron chi connectivity index (χ2n) is 7.24. The molecule has 1 atom stereocenters. The number of piperazine rings is 1.